The van der Waals surface area contributed by atoms with Crippen LogP contribution in [0.1, 0.15) is 58.5 Å². The molecule has 3 aromatic carbocycles. The van der Waals surface area contributed by atoms with Gasteiger partial charge in [-0.1, -0.05) is 65.8 Å². The fourth-order valence-corrected chi connectivity index (χ4v) is 5.52. The predicted molar refractivity (Wildman–Crippen MR) is 160 cm³/mol. The van der Waals surface area contributed by atoms with Gasteiger partial charge in [-0.05, 0) is 48.9 Å². The van der Waals surface area contributed by atoms with Crippen molar-refractivity contribution in [1.29, 1.82) is 0 Å². The zero-order valence-corrected chi connectivity index (χ0v) is 24.5. The quantitative estimate of drug-likeness (QED) is 0.219. The number of furan rings is 1. The summed E-state index contributed by atoms with van der Waals surface area (Å²) in [6.45, 7) is 15.4. The van der Waals surface area contributed by atoms with Crippen molar-refractivity contribution < 1.29 is 8.98 Å². The lowest BCUT2D eigenvalue weighted by Gasteiger charge is -2.24. The summed E-state index contributed by atoms with van der Waals surface area (Å²) in [5, 5.41) is 2.17. The number of rotatable bonds is 2. The number of para-hydroxylation sites is 2. The molecular formula is C34H37N4O+. The molecule has 0 saturated carbocycles. The molecule has 0 aliphatic heterocycles. The van der Waals surface area contributed by atoms with E-state index in [1.807, 2.05) is 0 Å². The first kappa shape index (κ1) is 25.3. The average molecular weight is 518 g/mol. The van der Waals surface area contributed by atoms with Gasteiger partial charge in [0.2, 0.25) is 0 Å². The van der Waals surface area contributed by atoms with Crippen LogP contribution in [0.25, 0.3) is 55.7 Å². The molecule has 0 aliphatic rings. The van der Waals surface area contributed by atoms with Crippen LogP contribution in [0.15, 0.2) is 65.1 Å². The van der Waals surface area contributed by atoms with E-state index in [0.29, 0.717) is 0 Å². The third kappa shape index (κ3) is 4.03. The topological polar surface area (TPSA) is 47.7 Å². The van der Waals surface area contributed by atoms with E-state index in [0.717, 1.165) is 56.1 Å². The number of imidazole rings is 1. The number of aryl methyl sites for hydroxylation is 3. The molecule has 3 heterocycles. The van der Waals surface area contributed by atoms with E-state index in [9.17, 15) is 0 Å². The Morgan fingerprint density at radius 2 is 1.46 bits per heavy atom. The molecule has 0 unspecified atom stereocenters. The van der Waals surface area contributed by atoms with Gasteiger partial charge in [0.1, 0.15) is 11.1 Å². The number of aromatic nitrogens is 4. The molecule has 0 aliphatic carbocycles. The molecule has 0 atom stereocenters. The fourth-order valence-electron chi connectivity index (χ4n) is 5.52. The summed E-state index contributed by atoms with van der Waals surface area (Å²) in [5.74, 6) is 1.88. The van der Waals surface area contributed by atoms with Gasteiger partial charge < -0.3 is 4.42 Å². The zero-order valence-electron chi connectivity index (χ0n) is 24.5. The SMILES string of the molecule is Cc1ccc2c(oc3ccc(-c4nc(C(C)(C)C)cc(C(C)(C)C)n4)cc32)c1-c1n(C)c2ccccc2[n+]1C. The Morgan fingerprint density at radius 3 is 2.10 bits per heavy atom. The lowest BCUT2D eigenvalue weighted by Crippen LogP contribution is -2.30. The first-order chi connectivity index (χ1) is 18.3. The normalized spacial score (nSPS) is 12.7. The Bertz CT molecular complexity index is 1840. The number of hydrogen-bond acceptors (Lipinski definition) is 3. The first-order valence-corrected chi connectivity index (χ1v) is 13.6. The molecule has 3 aromatic heterocycles. The first-order valence-electron chi connectivity index (χ1n) is 13.6. The van der Waals surface area contributed by atoms with E-state index < -0.39 is 0 Å². The highest BCUT2D eigenvalue weighted by molar-refractivity contribution is 6.10. The van der Waals surface area contributed by atoms with E-state index in [1.165, 1.54) is 16.6 Å². The van der Waals surface area contributed by atoms with Crippen molar-refractivity contribution in [3.63, 3.8) is 0 Å². The summed E-state index contributed by atoms with van der Waals surface area (Å²) < 4.78 is 11.1. The van der Waals surface area contributed by atoms with E-state index in [-0.39, 0.29) is 10.8 Å². The molecule has 0 spiro atoms. The van der Waals surface area contributed by atoms with E-state index >= 15 is 0 Å². The molecule has 6 rings (SSSR count). The lowest BCUT2D eigenvalue weighted by atomic mass is 9.86. The van der Waals surface area contributed by atoms with Crippen LogP contribution < -0.4 is 4.57 Å². The smallest absolute Gasteiger partial charge is 0.293 e. The van der Waals surface area contributed by atoms with Crippen molar-refractivity contribution in [1.82, 2.24) is 14.5 Å². The predicted octanol–water partition coefficient (Wildman–Crippen LogP) is 7.93. The second-order valence-corrected chi connectivity index (χ2v) is 12.8. The van der Waals surface area contributed by atoms with Crippen molar-refractivity contribution in [2.75, 3.05) is 0 Å². The molecule has 5 heteroatoms. The van der Waals surface area contributed by atoms with E-state index in [1.54, 1.807) is 0 Å². The Balaban J connectivity index is 1.60. The number of fused-ring (bicyclic) bond motifs is 4. The molecule has 0 bridgehead atoms. The molecular weight excluding hydrogens is 480 g/mol. The third-order valence-corrected chi connectivity index (χ3v) is 7.83. The molecule has 0 fully saturated rings. The van der Waals surface area contributed by atoms with Crippen LogP contribution in [0.3, 0.4) is 0 Å². The molecule has 6 aromatic rings. The van der Waals surface area contributed by atoms with Gasteiger partial charge in [-0.3, -0.25) is 0 Å². The highest BCUT2D eigenvalue weighted by atomic mass is 16.3. The number of benzene rings is 3. The van der Waals surface area contributed by atoms with Gasteiger partial charge in [-0.25, -0.2) is 19.1 Å². The van der Waals surface area contributed by atoms with Gasteiger partial charge in [0.25, 0.3) is 5.82 Å². The molecule has 0 saturated heterocycles. The average Bonchev–Trinajstić information content (AvgIpc) is 3.37. The summed E-state index contributed by atoms with van der Waals surface area (Å²) >= 11 is 0. The maximum Gasteiger partial charge on any atom is 0.293 e. The van der Waals surface area contributed by atoms with Crippen LogP contribution in [0, 0.1) is 6.92 Å². The van der Waals surface area contributed by atoms with Crippen molar-refractivity contribution in [2.24, 2.45) is 14.1 Å². The molecule has 39 heavy (non-hydrogen) atoms. The molecule has 5 nitrogen and oxygen atoms in total. The minimum absolute atomic E-state index is 0.0787. The van der Waals surface area contributed by atoms with Gasteiger partial charge in [0.05, 0.1) is 25.5 Å². The molecule has 0 N–H and O–H groups in total. The summed E-state index contributed by atoms with van der Waals surface area (Å²) in [6, 6.07) is 21.4. The molecule has 0 radical (unpaired) electrons. The summed E-state index contributed by atoms with van der Waals surface area (Å²) in [4.78, 5) is 10.1. The van der Waals surface area contributed by atoms with Crippen molar-refractivity contribution >= 4 is 33.0 Å². The van der Waals surface area contributed by atoms with Gasteiger partial charge in [-0.2, -0.15) is 0 Å². The summed E-state index contributed by atoms with van der Waals surface area (Å²) in [6.07, 6.45) is 0. The second kappa shape index (κ2) is 8.51. The minimum Gasteiger partial charge on any atom is -0.455 e. The number of hydrogen-bond donors (Lipinski definition) is 0. The lowest BCUT2D eigenvalue weighted by molar-refractivity contribution is -0.634. The number of nitrogens with zero attached hydrogens (tertiary/aromatic N) is 4. The van der Waals surface area contributed by atoms with Gasteiger partial charge in [-0.15, -0.1) is 0 Å². The Labute approximate surface area is 230 Å². The summed E-state index contributed by atoms with van der Waals surface area (Å²) in [7, 11) is 4.26. The second-order valence-electron chi connectivity index (χ2n) is 12.8. The van der Waals surface area contributed by atoms with Crippen molar-refractivity contribution in [3.05, 3.63) is 77.6 Å². The highest BCUT2D eigenvalue weighted by Crippen LogP contribution is 2.39. The van der Waals surface area contributed by atoms with Crippen LogP contribution in [0.4, 0.5) is 0 Å². The Hall–Kier alpha value is -3.99. The van der Waals surface area contributed by atoms with E-state index in [4.69, 9.17) is 14.4 Å². The largest absolute Gasteiger partial charge is 0.455 e. The minimum atomic E-state index is -0.0787. The van der Waals surface area contributed by atoms with Gasteiger partial charge in [0.15, 0.2) is 22.4 Å². The monoisotopic (exact) mass is 517 g/mol. The van der Waals surface area contributed by atoms with Gasteiger partial charge in [0, 0.05) is 27.2 Å². The van der Waals surface area contributed by atoms with Crippen LogP contribution >= 0.6 is 0 Å². The van der Waals surface area contributed by atoms with Crippen molar-refractivity contribution in [2.45, 2.75) is 59.3 Å². The third-order valence-electron chi connectivity index (χ3n) is 7.83. The standard InChI is InChI=1S/C34H37N4O/c1-20-14-16-22-23-18-21(31-35-27(33(2,3)4)19-28(36-31)34(5,6)7)15-17-26(23)39-30(22)29(20)32-37(8)24-12-10-11-13-25(24)38(32)9/h10-19H,1-9H3/q+1. The highest BCUT2D eigenvalue weighted by Gasteiger charge is 2.28. The summed E-state index contributed by atoms with van der Waals surface area (Å²) in [5.41, 5.74) is 9.39. The van der Waals surface area contributed by atoms with Crippen LogP contribution in [-0.2, 0) is 24.9 Å². The Kier molecular flexibility index (Phi) is 5.52. The Morgan fingerprint density at radius 1 is 0.795 bits per heavy atom. The van der Waals surface area contributed by atoms with Crippen molar-refractivity contribution in [3.8, 4) is 22.8 Å². The fraction of sp³-hybridized carbons (Fsp3) is 0.324. The van der Waals surface area contributed by atoms with Gasteiger partial charge >= 0.3 is 0 Å². The van der Waals surface area contributed by atoms with Crippen LogP contribution in [-0.4, -0.2) is 14.5 Å². The maximum atomic E-state index is 6.60. The van der Waals surface area contributed by atoms with Crippen LogP contribution in [0.2, 0.25) is 0 Å². The maximum absolute atomic E-state index is 6.60. The van der Waals surface area contributed by atoms with E-state index in [2.05, 4.69) is 132 Å². The molecule has 198 valence electrons. The molecule has 0 amide bonds. The van der Waals surface area contributed by atoms with Crippen LogP contribution in [0.5, 0.6) is 0 Å². The zero-order chi connectivity index (χ0) is 27.9.